The molecule has 1 fully saturated rings. The van der Waals surface area contributed by atoms with Crippen LogP contribution in [0.2, 0.25) is 0 Å². The number of quaternary nitrogens is 1. The first-order valence-electron chi connectivity index (χ1n) is 8.91. The van der Waals surface area contributed by atoms with Crippen molar-refractivity contribution in [2.75, 3.05) is 65.4 Å². The minimum atomic E-state index is 0.100. The van der Waals surface area contributed by atoms with E-state index in [4.69, 9.17) is 21.7 Å². The summed E-state index contributed by atoms with van der Waals surface area (Å²) in [5.74, 6) is 0.919. The number of piperazine rings is 1. The Morgan fingerprint density at radius 3 is 2.54 bits per heavy atom. The SMILES string of the molecule is COCCCNC(=O)C[NH+]1CCN(C(=S)Nc2ccc(OC)cc2)CC1. The monoisotopic (exact) mass is 381 g/mol. The van der Waals surface area contributed by atoms with Gasteiger partial charge in [-0.15, -0.1) is 0 Å². The van der Waals surface area contributed by atoms with E-state index in [1.54, 1.807) is 14.2 Å². The van der Waals surface area contributed by atoms with Crippen molar-refractivity contribution in [3.63, 3.8) is 0 Å². The smallest absolute Gasteiger partial charge is 0.275 e. The molecule has 0 bridgehead atoms. The average molecular weight is 382 g/mol. The Bertz CT molecular complexity index is 574. The van der Waals surface area contributed by atoms with E-state index in [0.29, 0.717) is 19.7 Å². The summed E-state index contributed by atoms with van der Waals surface area (Å²) in [6, 6.07) is 7.69. The zero-order valence-electron chi connectivity index (χ0n) is 15.5. The third-order valence-electron chi connectivity index (χ3n) is 4.36. The van der Waals surface area contributed by atoms with E-state index >= 15 is 0 Å². The summed E-state index contributed by atoms with van der Waals surface area (Å²) in [5.41, 5.74) is 0.945. The second-order valence-electron chi connectivity index (χ2n) is 6.27. The van der Waals surface area contributed by atoms with Gasteiger partial charge in [0.05, 0.1) is 33.3 Å². The Morgan fingerprint density at radius 1 is 1.23 bits per heavy atom. The van der Waals surface area contributed by atoms with Crippen LogP contribution in [0.5, 0.6) is 5.75 Å². The number of ether oxygens (including phenoxy) is 2. The number of hydrogen-bond donors (Lipinski definition) is 3. The number of methoxy groups -OCH3 is 2. The van der Waals surface area contributed by atoms with Gasteiger partial charge in [-0.3, -0.25) is 4.79 Å². The van der Waals surface area contributed by atoms with Gasteiger partial charge in [0.2, 0.25) is 0 Å². The van der Waals surface area contributed by atoms with Crippen LogP contribution in [0.25, 0.3) is 0 Å². The molecule has 0 radical (unpaired) electrons. The molecule has 3 N–H and O–H groups in total. The van der Waals surface area contributed by atoms with E-state index in [9.17, 15) is 4.79 Å². The first kappa shape index (κ1) is 20.4. The second kappa shape index (κ2) is 10.9. The Balaban J connectivity index is 1.68. The number of rotatable bonds is 8. The maximum absolute atomic E-state index is 11.9. The average Bonchev–Trinajstić information content (AvgIpc) is 2.66. The van der Waals surface area contributed by atoms with Gasteiger partial charge >= 0.3 is 0 Å². The van der Waals surface area contributed by atoms with Gasteiger partial charge in [-0.25, -0.2) is 0 Å². The molecule has 2 rings (SSSR count). The van der Waals surface area contributed by atoms with Gasteiger partial charge in [0.15, 0.2) is 11.7 Å². The van der Waals surface area contributed by atoms with Crippen LogP contribution in [0.3, 0.4) is 0 Å². The Kier molecular flexibility index (Phi) is 8.60. The zero-order chi connectivity index (χ0) is 18.8. The number of nitrogens with zero attached hydrogens (tertiary/aromatic N) is 1. The topological polar surface area (TPSA) is 67.3 Å². The number of anilines is 1. The summed E-state index contributed by atoms with van der Waals surface area (Å²) in [4.78, 5) is 15.4. The predicted octanol–water partition coefficient (Wildman–Crippen LogP) is -0.255. The van der Waals surface area contributed by atoms with Gasteiger partial charge in [-0.2, -0.15) is 0 Å². The lowest BCUT2D eigenvalue weighted by Crippen LogP contribution is -3.15. The van der Waals surface area contributed by atoms with E-state index in [1.165, 1.54) is 4.90 Å². The van der Waals surface area contributed by atoms with E-state index in [2.05, 4.69) is 15.5 Å². The fourth-order valence-corrected chi connectivity index (χ4v) is 3.11. The normalized spacial score (nSPS) is 14.8. The minimum Gasteiger partial charge on any atom is -0.497 e. The molecule has 1 heterocycles. The van der Waals surface area contributed by atoms with Crippen molar-refractivity contribution in [3.05, 3.63) is 24.3 Å². The first-order valence-corrected chi connectivity index (χ1v) is 9.32. The molecule has 1 amide bonds. The van der Waals surface area contributed by atoms with Crippen molar-refractivity contribution < 1.29 is 19.2 Å². The molecule has 0 unspecified atom stereocenters. The van der Waals surface area contributed by atoms with Crippen LogP contribution in [-0.2, 0) is 9.53 Å². The number of carbonyl (C=O) groups excluding carboxylic acids is 1. The number of amides is 1. The number of hydrogen-bond acceptors (Lipinski definition) is 4. The van der Waals surface area contributed by atoms with Gasteiger partial charge in [-0.05, 0) is 42.9 Å². The molecule has 1 saturated heterocycles. The number of carbonyl (C=O) groups is 1. The lowest BCUT2D eigenvalue weighted by molar-refractivity contribution is -0.895. The number of thiocarbonyl (C=S) groups is 1. The molecule has 144 valence electrons. The molecule has 1 aliphatic heterocycles. The maximum Gasteiger partial charge on any atom is 0.275 e. The van der Waals surface area contributed by atoms with Crippen molar-refractivity contribution >= 4 is 28.9 Å². The molecule has 26 heavy (non-hydrogen) atoms. The fraction of sp³-hybridized carbons (Fsp3) is 0.556. The highest BCUT2D eigenvalue weighted by Gasteiger charge is 2.23. The minimum absolute atomic E-state index is 0.100. The maximum atomic E-state index is 11.9. The molecule has 0 spiro atoms. The van der Waals surface area contributed by atoms with E-state index < -0.39 is 0 Å². The molecule has 0 aromatic heterocycles. The zero-order valence-corrected chi connectivity index (χ0v) is 16.4. The molecule has 0 atom stereocenters. The summed E-state index contributed by atoms with van der Waals surface area (Å²) in [6.45, 7) is 5.33. The van der Waals surface area contributed by atoms with Gasteiger partial charge in [0, 0.05) is 25.9 Å². The third kappa shape index (κ3) is 6.78. The first-order chi connectivity index (χ1) is 12.6. The van der Waals surface area contributed by atoms with Crippen molar-refractivity contribution in [2.24, 2.45) is 0 Å². The predicted molar refractivity (Wildman–Crippen MR) is 106 cm³/mol. The van der Waals surface area contributed by atoms with E-state index in [0.717, 1.165) is 49.1 Å². The van der Waals surface area contributed by atoms with Crippen molar-refractivity contribution in [1.82, 2.24) is 10.2 Å². The van der Waals surface area contributed by atoms with Gasteiger partial charge in [-0.1, -0.05) is 0 Å². The molecule has 1 aromatic carbocycles. The molecule has 1 aliphatic rings. The number of nitrogens with one attached hydrogen (secondary N) is 3. The van der Waals surface area contributed by atoms with Gasteiger partial charge < -0.3 is 29.9 Å². The van der Waals surface area contributed by atoms with E-state index in [-0.39, 0.29) is 5.91 Å². The van der Waals surface area contributed by atoms with Crippen LogP contribution in [0.4, 0.5) is 5.69 Å². The largest absolute Gasteiger partial charge is 0.497 e. The van der Waals surface area contributed by atoms with Crippen LogP contribution in [0, 0.1) is 0 Å². The summed E-state index contributed by atoms with van der Waals surface area (Å²) < 4.78 is 10.1. The Hall–Kier alpha value is -1.90. The molecule has 0 saturated carbocycles. The highest BCUT2D eigenvalue weighted by Crippen LogP contribution is 2.15. The Labute approximate surface area is 160 Å². The van der Waals surface area contributed by atoms with E-state index in [1.807, 2.05) is 24.3 Å². The number of benzene rings is 1. The van der Waals surface area contributed by atoms with Crippen LogP contribution in [-0.4, -0.2) is 76.0 Å². The standard InChI is InChI=1S/C18H28N4O3S/c1-24-13-3-8-19-17(23)14-21-9-11-22(12-10-21)18(26)20-15-4-6-16(25-2)7-5-15/h4-7H,3,8-14H2,1-2H3,(H,19,23)(H,20,26)/p+1. The molecule has 7 nitrogen and oxygen atoms in total. The van der Waals surface area contributed by atoms with Crippen molar-refractivity contribution in [2.45, 2.75) is 6.42 Å². The molecular formula is C18H29N4O3S+. The molecular weight excluding hydrogens is 352 g/mol. The van der Waals surface area contributed by atoms with Crippen molar-refractivity contribution in [1.29, 1.82) is 0 Å². The summed E-state index contributed by atoms with van der Waals surface area (Å²) >= 11 is 5.51. The lowest BCUT2D eigenvalue weighted by Gasteiger charge is -2.33. The van der Waals surface area contributed by atoms with Crippen molar-refractivity contribution in [3.8, 4) is 5.75 Å². The lowest BCUT2D eigenvalue weighted by atomic mass is 10.3. The third-order valence-corrected chi connectivity index (χ3v) is 4.72. The summed E-state index contributed by atoms with van der Waals surface area (Å²) in [6.07, 6.45) is 0.844. The van der Waals surface area contributed by atoms with Gasteiger partial charge in [0.1, 0.15) is 5.75 Å². The summed E-state index contributed by atoms with van der Waals surface area (Å²) in [5, 5.41) is 6.92. The highest BCUT2D eigenvalue weighted by atomic mass is 32.1. The second-order valence-corrected chi connectivity index (χ2v) is 6.66. The molecule has 0 aliphatic carbocycles. The van der Waals surface area contributed by atoms with Crippen LogP contribution in [0.1, 0.15) is 6.42 Å². The quantitative estimate of drug-likeness (QED) is 0.426. The summed E-state index contributed by atoms with van der Waals surface area (Å²) in [7, 11) is 3.31. The molecule has 1 aromatic rings. The van der Waals surface area contributed by atoms with Gasteiger partial charge in [0.25, 0.3) is 5.91 Å². The highest BCUT2D eigenvalue weighted by molar-refractivity contribution is 7.80. The fourth-order valence-electron chi connectivity index (χ4n) is 2.81. The Morgan fingerprint density at radius 2 is 1.92 bits per heavy atom. The van der Waals surface area contributed by atoms with Crippen LogP contribution < -0.4 is 20.3 Å². The van der Waals surface area contributed by atoms with Crippen LogP contribution in [0.15, 0.2) is 24.3 Å². The molecule has 8 heteroatoms. The van der Waals surface area contributed by atoms with Crippen LogP contribution >= 0.6 is 12.2 Å².